The highest BCUT2D eigenvalue weighted by Gasteiger charge is 2.12. The van der Waals surface area contributed by atoms with Crippen molar-refractivity contribution in [1.29, 1.82) is 0 Å². The zero-order valence-electron chi connectivity index (χ0n) is 8.58. The molecule has 4 heteroatoms. The van der Waals surface area contributed by atoms with Gasteiger partial charge in [0.2, 0.25) is 0 Å². The van der Waals surface area contributed by atoms with Crippen LogP contribution in [0.4, 0.5) is 0 Å². The summed E-state index contributed by atoms with van der Waals surface area (Å²) in [7, 11) is 0. The van der Waals surface area contributed by atoms with Crippen LogP contribution in [0.1, 0.15) is 19.3 Å². The highest BCUT2D eigenvalue weighted by atomic mass is 35.5. The van der Waals surface area contributed by atoms with Gasteiger partial charge < -0.3 is 5.32 Å². The smallest absolute Gasteiger partial charge is 0.0961 e. The van der Waals surface area contributed by atoms with Crippen LogP contribution in [-0.2, 0) is 0 Å². The molecular formula is C11H15ClN2S. The maximum atomic E-state index is 5.78. The van der Waals surface area contributed by atoms with Gasteiger partial charge in [0.1, 0.15) is 0 Å². The second kappa shape index (κ2) is 5.73. The maximum absolute atomic E-state index is 5.78. The third-order valence-corrected chi connectivity index (χ3v) is 3.87. The Hall–Kier alpha value is -0.250. The van der Waals surface area contributed by atoms with Crippen LogP contribution >= 0.6 is 23.4 Å². The molecule has 2 nitrogen and oxygen atoms in total. The van der Waals surface area contributed by atoms with E-state index in [0.717, 1.165) is 10.8 Å². The fourth-order valence-corrected chi connectivity index (χ4v) is 2.76. The van der Waals surface area contributed by atoms with Crippen molar-refractivity contribution >= 4 is 23.4 Å². The first kappa shape index (κ1) is 11.2. The van der Waals surface area contributed by atoms with Crippen molar-refractivity contribution < 1.29 is 0 Å². The van der Waals surface area contributed by atoms with E-state index in [1.54, 1.807) is 18.0 Å². The van der Waals surface area contributed by atoms with E-state index in [0.29, 0.717) is 11.1 Å². The van der Waals surface area contributed by atoms with Crippen LogP contribution in [0.3, 0.4) is 0 Å². The van der Waals surface area contributed by atoms with Crippen LogP contribution < -0.4 is 5.32 Å². The van der Waals surface area contributed by atoms with Crippen molar-refractivity contribution in [2.24, 2.45) is 0 Å². The Morgan fingerprint density at radius 2 is 2.40 bits per heavy atom. The number of thioether (sulfide) groups is 1. The summed E-state index contributed by atoms with van der Waals surface area (Å²) in [6, 6.07) is 4.53. The molecule has 1 unspecified atom stereocenters. The summed E-state index contributed by atoms with van der Waals surface area (Å²) >= 11 is 7.58. The molecule has 1 aromatic heterocycles. The molecule has 0 aromatic carbocycles. The highest BCUT2D eigenvalue weighted by Crippen LogP contribution is 2.20. The molecule has 2 rings (SSSR count). The Morgan fingerprint density at radius 3 is 3.07 bits per heavy atom. The number of nitrogens with zero attached hydrogens (tertiary/aromatic N) is 1. The Balaban J connectivity index is 1.79. The summed E-state index contributed by atoms with van der Waals surface area (Å²) in [6.07, 6.45) is 5.67. The van der Waals surface area contributed by atoms with Crippen molar-refractivity contribution in [3.8, 4) is 0 Å². The lowest BCUT2D eigenvalue weighted by Gasteiger charge is -2.22. The second-order valence-corrected chi connectivity index (χ2v) is 5.25. The molecule has 1 aliphatic heterocycles. The molecule has 0 aliphatic carbocycles. The number of hydrogen-bond donors (Lipinski definition) is 1. The van der Waals surface area contributed by atoms with E-state index in [2.05, 4.69) is 10.3 Å². The predicted octanol–water partition coefficient (Wildman–Crippen LogP) is 2.97. The molecule has 0 amide bonds. The van der Waals surface area contributed by atoms with Crippen LogP contribution in [0, 0.1) is 0 Å². The van der Waals surface area contributed by atoms with E-state index in [4.69, 9.17) is 11.6 Å². The van der Waals surface area contributed by atoms with Gasteiger partial charge in [-0.2, -0.15) is 0 Å². The number of pyridine rings is 1. The molecule has 0 radical (unpaired) electrons. The summed E-state index contributed by atoms with van der Waals surface area (Å²) < 4.78 is 0. The number of nitrogens with one attached hydrogen (secondary N) is 1. The Morgan fingerprint density at radius 1 is 1.47 bits per heavy atom. The molecule has 1 N–H and O–H groups in total. The van der Waals surface area contributed by atoms with Crippen LogP contribution in [0.25, 0.3) is 0 Å². The first-order valence-electron chi connectivity index (χ1n) is 5.32. The molecule has 15 heavy (non-hydrogen) atoms. The quantitative estimate of drug-likeness (QED) is 0.825. The minimum atomic E-state index is 0.654. The molecule has 0 saturated carbocycles. The molecule has 1 saturated heterocycles. The van der Waals surface area contributed by atoms with Crippen LogP contribution in [0.15, 0.2) is 23.4 Å². The number of halogens is 1. The van der Waals surface area contributed by atoms with Gasteiger partial charge in [-0.15, -0.1) is 11.8 Å². The molecule has 1 aromatic rings. The van der Waals surface area contributed by atoms with Gasteiger partial charge in [0.05, 0.1) is 10.0 Å². The van der Waals surface area contributed by atoms with Gasteiger partial charge in [-0.3, -0.25) is 0 Å². The van der Waals surface area contributed by atoms with E-state index in [-0.39, 0.29) is 0 Å². The minimum absolute atomic E-state index is 0.654. The number of piperidine rings is 1. The Bertz CT molecular complexity index is 296. The molecule has 1 atom stereocenters. The van der Waals surface area contributed by atoms with Crippen molar-refractivity contribution in [2.45, 2.75) is 30.3 Å². The summed E-state index contributed by atoms with van der Waals surface area (Å²) in [4.78, 5) is 4.27. The minimum Gasteiger partial charge on any atom is -0.313 e. The van der Waals surface area contributed by atoms with Crippen LogP contribution in [0.2, 0.25) is 5.02 Å². The third kappa shape index (κ3) is 3.67. The van der Waals surface area contributed by atoms with Crippen molar-refractivity contribution in [3.63, 3.8) is 0 Å². The van der Waals surface area contributed by atoms with Gasteiger partial charge in [0.15, 0.2) is 0 Å². The van der Waals surface area contributed by atoms with Gasteiger partial charge in [-0.25, -0.2) is 4.98 Å². The first-order chi connectivity index (χ1) is 7.34. The fourth-order valence-electron chi connectivity index (χ4n) is 1.70. The first-order valence-corrected chi connectivity index (χ1v) is 6.69. The monoisotopic (exact) mass is 242 g/mol. The zero-order valence-corrected chi connectivity index (χ0v) is 10.2. The molecule has 1 aliphatic rings. The lowest BCUT2D eigenvalue weighted by Crippen LogP contribution is -2.35. The lowest BCUT2D eigenvalue weighted by molar-refractivity contribution is 0.430. The summed E-state index contributed by atoms with van der Waals surface area (Å²) in [5, 5.41) is 5.29. The maximum Gasteiger partial charge on any atom is 0.0961 e. The van der Waals surface area contributed by atoms with Gasteiger partial charge in [-0.1, -0.05) is 18.0 Å². The van der Waals surface area contributed by atoms with Gasteiger partial charge in [-0.05, 0) is 31.5 Å². The summed E-state index contributed by atoms with van der Waals surface area (Å²) in [6.45, 7) is 1.17. The fraction of sp³-hybridized carbons (Fsp3) is 0.545. The van der Waals surface area contributed by atoms with Gasteiger partial charge in [0, 0.05) is 18.0 Å². The highest BCUT2D eigenvalue weighted by molar-refractivity contribution is 7.99. The summed E-state index contributed by atoms with van der Waals surface area (Å²) in [5.41, 5.74) is 0. The Kier molecular flexibility index (Phi) is 4.29. The van der Waals surface area contributed by atoms with Crippen molar-refractivity contribution in [1.82, 2.24) is 10.3 Å². The average molecular weight is 243 g/mol. The molecule has 82 valence electrons. The summed E-state index contributed by atoms with van der Waals surface area (Å²) in [5.74, 6) is 1.11. The van der Waals surface area contributed by atoms with E-state index in [1.165, 1.54) is 25.8 Å². The van der Waals surface area contributed by atoms with Gasteiger partial charge >= 0.3 is 0 Å². The molecular weight excluding hydrogens is 228 g/mol. The molecule has 1 fully saturated rings. The third-order valence-electron chi connectivity index (χ3n) is 2.55. The lowest BCUT2D eigenvalue weighted by atomic mass is 10.1. The van der Waals surface area contributed by atoms with Crippen molar-refractivity contribution in [2.75, 3.05) is 12.3 Å². The molecule has 0 bridgehead atoms. The largest absolute Gasteiger partial charge is 0.313 e. The molecule has 0 spiro atoms. The van der Waals surface area contributed by atoms with E-state index >= 15 is 0 Å². The van der Waals surface area contributed by atoms with Crippen LogP contribution in [0.5, 0.6) is 0 Å². The second-order valence-electron chi connectivity index (χ2n) is 3.77. The van der Waals surface area contributed by atoms with E-state index < -0.39 is 0 Å². The van der Waals surface area contributed by atoms with Crippen molar-refractivity contribution in [3.05, 3.63) is 23.4 Å². The molecule has 2 heterocycles. The topological polar surface area (TPSA) is 24.9 Å². The number of aromatic nitrogens is 1. The van der Waals surface area contributed by atoms with E-state index in [1.807, 2.05) is 12.1 Å². The normalized spacial score (nSPS) is 21.5. The zero-order chi connectivity index (χ0) is 10.5. The van der Waals surface area contributed by atoms with E-state index in [9.17, 15) is 0 Å². The van der Waals surface area contributed by atoms with Gasteiger partial charge in [0.25, 0.3) is 0 Å². The number of hydrogen-bond acceptors (Lipinski definition) is 3. The predicted molar refractivity (Wildman–Crippen MR) is 65.6 cm³/mol. The van der Waals surface area contributed by atoms with Crippen LogP contribution in [-0.4, -0.2) is 23.3 Å². The Labute approximate surface area is 99.8 Å². The SMILES string of the molecule is Clc1ccc(SCC2CCCCN2)nc1. The average Bonchev–Trinajstić information content (AvgIpc) is 2.30. The number of rotatable bonds is 3. The standard InChI is InChI=1S/C11H15ClN2S/c12-9-4-5-11(14-7-9)15-8-10-3-1-2-6-13-10/h4-5,7,10,13H,1-3,6,8H2.